The number of allylic oxidation sites excluding steroid dienone is 1. The third-order valence-corrected chi connectivity index (χ3v) is 2.82. The van der Waals surface area contributed by atoms with Gasteiger partial charge in [-0.15, -0.1) is 0 Å². The van der Waals surface area contributed by atoms with Crippen molar-refractivity contribution in [2.45, 2.75) is 25.8 Å². The van der Waals surface area contributed by atoms with Gasteiger partial charge in [0.25, 0.3) is 0 Å². The Morgan fingerprint density at radius 2 is 1.93 bits per heavy atom. The highest BCUT2D eigenvalue weighted by molar-refractivity contribution is 5.87. The van der Waals surface area contributed by atoms with Gasteiger partial charge >= 0.3 is 0 Å². The second kappa shape index (κ2) is 5.15. The SMILES string of the molecule is C/C=C/C(=O)N1CCC(N(C)C)CC1. The molecule has 14 heavy (non-hydrogen) atoms. The first-order valence-electron chi connectivity index (χ1n) is 5.23. The molecule has 0 aromatic rings. The maximum absolute atomic E-state index is 11.5. The summed E-state index contributed by atoms with van der Waals surface area (Å²) >= 11 is 0. The van der Waals surface area contributed by atoms with E-state index in [0.29, 0.717) is 6.04 Å². The zero-order chi connectivity index (χ0) is 10.6. The molecule has 1 rings (SSSR count). The van der Waals surface area contributed by atoms with Gasteiger partial charge in [0.2, 0.25) is 5.91 Å². The minimum absolute atomic E-state index is 0.157. The first kappa shape index (κ1) is 11.2. The van der Waals surface area contributed by atoms with Crippen LogP contribution in [0.1, 0.15) is 19.8 Å². The number of nitrogens with zero attached hydrogens (tertiary/aromatic N) is 2. The van der Waals surface area contributed by atoms with Crippen molar-refractivity contribution in [3.63, 3.8) is 0 Å². The lowest BCUT2D eigenvalue weighted by Gasteiger charge is -2.34. The largest absolute Gasteiger partial charge is 0.339 e. The molecular formula is C11H20N2O. The van der Waals surface area contributed by atoms with Gasteiger partial charge in [-0.05, 0) is 39.9 Å². The Morgan fingerprint density at radius 3 is 2.36 bits per heavy atom. The molecule has 1 saturated heterocycles. The Bertz CT molecular complexity index is 215. The number of piperidine rings is 1. The molecule has 1 aliphatic heterocycles. The molecule has 1 fully saturated rings. The molecule has 1 heterocycles. The van der Waals surface area contributed by atoms with E-state index in [1.165, 1.54) is 0 Å². The summed E-state index contributed by atoms with van der Waals surface area (Å²) in [6, 6.07) is 0.643. The van der Waals surface area contributed by atoms with E-state index >= 15 is 0 Å². The zero-order valence-corrected chi connectivity index (χ0v) is 9.36. The molecule has 0 aromatic heterocycles. The number of hydrogen-bond acceptors (Lipinski definition) is 2. The molecule has 3 nitrogen and oxygen atoms in total. The summed E-state index contributed by atoms with van der Waals surface area (Å²) in [7, 11) is 4.21. The highest BCUT2D eigenvalue weighted by atomic mass is 16.2. The van der Waals surface area contributed by atoms with Crippen LogP contribution in [0.3, 0.4) is 0 Å². The number of rotatable bonds is 2. The number of amides is 1. The molecule has 3 heteroatoms. The average molecular weight is 196 g/mol. The Morgan fingerprint density at radius 1 is 1.36 bits per heavy atom. The molecule has 0 N–H and O–H groups in total. The van der Waals surface area contributed by atoms with Gasteiger partial charge in [0.1, 0.15) is 0 Å². The van der Waals surface area contributed by atoms with E-state index in [1.807, 2.05) is 11.8 Å². The third kappa shape index (κ3) is 2.84. The molecule has 0 saturated carbocycles. The van der Waals surface area contributed by atoms with E-state index < -0.39 is 0 Å². The molecule has 0 aliphatic carbocycles. The fraction of sp³-hybridized carbons (Fsp3) is 0.727. The number of carbonyl (C=O) groups excluding carboxylic acids is 1. The van der Waals surface area contributed by atoms with Gasteiger partial charge < -0.3 is 9.80 Å². The number of carbonyl (C=O) groups is 1. The molecule has 80 valence electrons. The number of likely N-dealkylation sites (tertiary alicyclic amines) is 1. The molecule has 0 spiro atoms. The Labute approximate surface area is 86.4 Å². The maximum Gasteiger partial charge on any atom is 0.246 e. The van der Waals surface area contributed by atoms with Crippen LogP contribution in [0.2, 0.25) is 0 Å². The zero-order valence-electron chi connectivity index (χ0n) is 9.36. The minimum atomic E-state index is 0.157. The van der Waals surface area contributed by atoms with Crippen molar-refractivity contribution in [2.75, 3.05) is 27.2 Å². The Kier molecular flexibility index (Phi) is 4.14. The smallest absolute Gasteiger partial charge is 0.246 e. The van der Waals surface area contributed by atoms with Crippen molar-refractivity contribution in [2.24, 2.45) is 0 Å². The van der Waals surface area contributed by atoms with Crippen LogP contribution in [0.4, 0.5) is 0 Å². The van der Waals surface area contributed by atoms with Gasteiger partial charge in [-0.1, -0.05) is 6.08 Å². The van der Waals surface area contributed by atoms with Crippen molar-refractivity contribution in [1.29, 1.82) is 0 Å². The van der Waals surface area contributed by atoms with Crippen molar-refractivity contribution in [3.8, 4) is 0 Å². The lowest BCUT2D eigenvalue weighted by Crippen LogP contribution is -2.43. The standard InChI is InChI=1S/C11H20N2O/c1-4-5-11(14)13-8-6-10(7-9-13)12(2)3/h4-5,10H,6-9H2,1-3H3/b5-4+. The summed E-state index contributed by atoms with van der Waals surface area (Å²) in [6.45, 7) is 3.67. The second-order valence-electron chi connectivity index (χ2n) is 4.02. The van der Waals surface area contributed by atoms with Crippen LogP contribution in [0.25, 0.3) is 0 Å². The van der Waals surface area contributed by atoms with E-state index in [1.54, 1.807) is 12.2 Å². The molecule has 1 amide bonds. The maximum atomic E-state index is 11.5. The summed E-state index contributed by atoms with van der Waals surface area (Å²) in [5.74, 6) is 0.157. The lowest BCUT2D eigenvalue weighted by atomic mass is 10.0. The molecule has 1 aliphatic rings. The van der Waals surface area contributed by atoms with Crippen LogP contribution < -0.4 is 0 Å². The summed E-state index contributed by atoms with van der Waals surface area (Å²) in [4.78, 5) is 15.7. The van der Waals surface area contributed by atoms with E-state index in [-0.39, 0.29) is 5.91 Å². The lowest BCUT2D eigenvalue weighted by molar-refractivity contribution is -0.127. The number of hydrogen-bond donors (Lipinski definition) is 0. The summed E-state index contributed by atoms with van der Waals surface area (Å²) in [6.07, 6.45) is 5.64. The van der Waals surface area contributed by atoms with Gasteiger partial charge in [0, 0.05) is 19.1 Å². The quantitative estimate of drug-likeness (QED) is 0.618. The predicted molar refractivity (Wildman–Crippen MR) is 58.1 cm³/mol. The minimum Gasteiger partial charge on any atom is -0.339 e. The first-order chi connectivity index (χ1) is 6.65. The molecular weight excluding hydrogens is 176 g/mol. The van der Waals surface area contributed by atoms with E-state index in [4.69, 9.17) is 0 Å². The molecule has 0 bridgehead atoms. The van der Waals surface area contributed by atoms with Crippen LogP contribution in [-0.2, 0) is 4.79 Å². The van der Waals surface area contributed by atoms with Crippen LogP contribution in [0.15, 0.2) is 12.2 Å². The first-order valence-corrected chi connectivity index (χ1v) is 5.23. The summed E-state index contributed by atoms with van der Waals surface area (Å²) in [5, 5.41) is 0. The fourth-order valence-corrected chi connectivity index (χ4v) is 1.85. The predicted octanol–water partition coefficient (Wildman–Crippen LogP) is 1.12. The Hall–Kier alpha value is -0.830. The molecule has 0 aromatic carbocycles. The highest BCUT2D eigenvalue weighted by Gasteiger charge is 2.22. The molecule has 0 radical (unpaired) electrons. The van der Waals surface area contributed by atoms with Crippen molar-refractivity contribution in [3.05, 3.63) is 12.2 Å². The van der Waals surface area contributed by atoms with Crippen molar-refractivity contribution >= 4 is 5.91 Å². The fourth-order valence-electron chi connectivity index (χ4n) is 1.85. The van der Waals surface area contributed by atoms with Crippen LogP contribution in [0, 0.1) is 0 Å². The van der Waals surface area contributed by atoms with Gasteiger partial charge in [-0.3, -0.25) is 4.79 Å². The van der Waals surface area contributed by atoms with Gasteiger partial charge in [-0.25, -0.2) is 0 Å². The normalized spacial score (nSPS) is 19.6. The van der Waals surface area contributed by atoms with Crippen LogP contribution in [0.5, 0.6) is 0 Å². The molecule has 0 unspecified atom stereocenters. The van der Waals surface area contributed by atoms with Gasteiger partial charge in [0.15, 0.2) is 0 Å². The van der Waals surface area contributed by atoms with E-state index in [0.717, 1.165) is 25.9 Å². The summed E-state index contributed by atoms with van der Waals surface area (Å²) < 4.78 is 0. The van der Waals surface area contributed by atoms with Crippen LogP contribution >= 0.6 is 0 Å². The van der Waals surface area contributed by atoms with Crippen LogP contribution in [-0.4, -0.2) is 48.9 Å². The van der Waals surface area contributed by atoms with Gasteiger partial charge in [0.05, 0.1) is 0 Å². The molecule has 0 atom stereocenters. The van der Waals surface area contributed by atoms with Gasteiger partial charge in [-0.2, -0.15) is 0 Å². The van der Waals surface area contributed by atoms with Crippen molar-refractivity contribution < 1.29 is 4.79 Å². The van der Waals surface area contributed by atoms with E-state index in [9.17, 15) is 4.79 Å². The average Bonchev–Trinajstić information content (AvgIpc) is 2.18. The second-order valence-corrected chi connectivity index (χ2v) is 4.02. The highest BCUT2D eigenvalue weighted by Crippen LogP contribution is 2.14. The Balaban J connectivity index is 2.39. The topological polar surface area (TPSA) is 23.6 Å². The third-order valence-electron chi connectivity index (χ3n) is 2.82. The monoisotopic (exact) mass is 196 g/mol. The van der Waals surface area contributed by atoms with Crippen molar-refractivity contribution in [1.82, 2.24) is 9.80 Å². The summed E-state index contributed by atoms with van der Waals surface area (Å²) in [5.41, 5.74) is 0. The van der Waals surface area contributed by atoms with E-state index in [2.05, 4.69) is 19.0 Å².